The molecule has 0 unspecified atom stereocenters. The number of H-pyrrole nitrogens is 1. The summed E-state index contributed by atoms with van der Waals surface area (Å²) >= 11 is 0. The Morgan fingerprint density at radius 1 is 1.47 bits per heavy atom. The van der Waals surface area contributed by atoms with Crippen LogP contribution in [0, 0.1) is 11.3 Å². The summed E-state index contributed by atoms with van der Waals surface area (Å²) < 4.78 is 0. The van der Waals surface area contributed by atoms with Crippen LogP contribution in [-0.4, -0.2) is 21.1 Å². The summed E-state index contributed by atoms with van der Waals surface area (Å²) in [5.41, 5.74) is 2.24. The highest BCUT2D eigenvalue weighted by molar-refractivity contribution is 6.00. The van der Waals surface area contributed by atoms with Crippen LogP contribution in [0.25, 0.3) is 0 Å². The highest BCUT2D eigenvalue weighted by Gasteiger charge is 2.56. The number of nitrogens with one attached hydrogen (secondary N) is 1. The Hall–Kier alpha value is -1.58. The molecule has 2 atom stereocenters. The number of Topliss-reactive ketones (excluding diaryl/α,β-unsaturated/α-hetero) is 1. The number of fused-ring (bicyclic) bond motifs is 3. The zero-order valence-corrected chi connectivity index (χ0v) is 11.7. The number of rotatable bonds is 0. The maximum absolute atomic E-state index is 12.5. The minimum Gasteiger partial charge on any atom is -0.515 e. The van der Waals surface area contributed by atoms with Gasteiger partial charge in [0.2, 0.25) is 0 Å². The number of carbonyl (C=O) groups excluding carboxylic acids is 1. The molecule has 0 spiro atoms. The molecule has 1 aromatic rings. The van der Waals surface area contributed by atoms with Gasteiger partial charge in [0, 0.05) is 22.6 Å². The fourth-order valence-electron chi connectivity index (χ4n) is 4.30. The lowest BCUT2D eigenvalue weighted by Crippen LogP contribution is -2.53. The summed E-state index contributed by atoms with van der Waals surface area (Å²) in [4.78, 5) is 12.5. The Bertz CT molecular complexity index is 570. The zero-order valence-electron chi connectivity index (χ0n) is 11.7. The summed E-state index contributed by atoms with van der Waals surface area (Å²) in [5, 5.41) is 16.8. The van der Waals surface area contributed by atoms with Gasteiger partial charge in [0.05, 0.1) is 12.0 Å². The zero-order chi connectivity index (χ0) is 13.8. The van der Waals surface area contributed by atoms with Crippen molar-refractivity contribution in [1.29, 1.82) is 0 Å². The SMILES string of the molecule is CC1(C)C(=O)/C(=C\O)C[C@]2(C)c3n[nH]cc3CC[C@@H]12. The minimum atomic E-state index is -0.446. The monoisotopic (exact) mass is 260 g/mol. The van der Waals surface area contributed by atoms with Gasteiger partial charge in [0.15, 0.2) is 5.78 Å². The second-order valence-corrected chi connectivity index (χ2v) is 6.65. The molecule has 0 amide bonds. The Morgan fingerprint density at radius 3 is 2.89 bits per heavy atom. The quantitative estimate of drug-likeness (QED) is 0.556. The van der Waals surface area contributed by atoms with E-state index in [0.29, 0.717) is 12.0 Å². The number of hydrogen-bond donors (Lipinski definition) is 2. The lowest BCUT2D eigenvalue weighted by Gasteiger charge is -2.52. The van der Waals surface area contributed by atoms with Crippen molar-refractivity contribution in [3.8, 4) is 0 Å². The summed E-state index contributed by atoms with van der Waals surface area (Å²) in [6.45, 7) is 6.17. The van der Waals surface area contributed by atoms with Gasteiger partial charge in [-0.3, -0.25) is 9.89 Å². The van der Waals surface area contributed by atoms with Crippen LogP contribution in [0.1, 0.15) is 44.9 Å². The van der Waals surface area contributed by atoms with E-state index in [4.69, 9.17) is 0 Å². The van der Waals surface area contributed by atoms with Crippen molar-refractivity contribution in [3.63, 3.8) is 0 Å². The molecule has 3 rings (SSSR count). The molecule has 1 aromatic heterocycles. The van der Waals surface area contributed by atoms with Gasteiger partial charge >= 0.3 is 0 Å². The molecular weight excluding hydrogens is 240 g/mol. The molecule has 2 aliphatic carbocycles. The van der Waals surface area contributed by atoms with Crippen molar-refractivity contribution in [2.75, 3.05) is 0 Å². The molecule has 19 heavy (non-hydrogen) atoms. The molecule has 0 radical (unpaired) electrons. The van der Waals surface area contributed by atoms with Crippen LogP contribution < -0.4 is 0 Å². The Morgan fingerprint density at radius 2 is 2.21 bits per heavy atom. The van der Waals surface area contributed by atoms with Gasteiger partial charge in [-0.2, -0.15) is 5.10 Å². The Labute approximate surface area is 112 Å². The van der Waals surface area contributed by atoms with Crippen LogP contribution in [-0.2, 0) is 16.6 Å². The first-order valence-electron chi connectivity index (χ1n) is 6.82. The van der Waals surface area contributed by atoms with Crippen LogP contribution in [0.15, 0.2) is 18.0 Å². The second-order valence-electron chi connectivity index (χ2n) is 6.65. The number of carbonyl (C=O) groups is 1. The first kappa shape index (κ1) is 12.5. The van der Waals surface area contributed by atoms with E-state index in [1.807, 2.05) is 20.0 Å². The van der Waals surface area contributed by atoms with Crippen LogP contribution >= 0.6 is 0 Å². The topological polar surface area (TPSA) is 66.0 Å². The van der Waals surface area contributed by atoms with E-state index in [-0.39, 0.29) is 17.1 Å². The van der Waals surface area contributed by atoms with Crippen molar-refractivity contribution < 1.29 is 9.90 Å². The second kappa shape index (κ2) is 3.71. The number of aromatic amines is 1. The van der Waals surface area contributed by atoms with Gasteiger partial charge < -0.3 is 5.11 Å². The number of hydrogen-bond acceptors (Lipinski definition) is 3. The number of allylic oxidation sites excluding steroid dienone is 1. The van der Waals surface area contributed by atoms with Crippen molar-refractivity contribution >= 4 is 5.78 Å². The van der Waals surface area contributed by atoms with E-state index in [2.05, 4.69) is 17.1 Å². The van der Waals surface area contributed by atoms with Crippen molar-refractivity contribution in [2.45, 2.75) is 45.4 Å². The number of aryl methyl sites for hydroxylation is 1. The lowest BCUT2D eigenvalue weighted by atomic mass is 9.50. The highest BCUT2D eigenvalue weighted by Crippen LogP contribution is 2.56. The predicted octanol–water partition coefficient (Wildman–Crippen LogP) is 2.67. The van der Waals surface area contributed by atoms with Crippen molar-refractivity contribution in [2.24, 2.45) is 11.3 Å². The van der Waals surface area contributed by atoms with Crippen LogP contribution in [0.3, 0.4) is 0 Å². The van der Waals surface area contributed by atoms with Gasteiger partial charge in [-0.05, 0) is 30.7 Å². The Balaban J connectivity index is 2.18. The maximum atomic E-state index is 12.5. The third kappa shape index (κ3) is 1.46. The van der Waals surface area contributed by atoms with Crippen molar-refractivity contribution in [3.05, 3.63) is 29.3 Å². The van der Waals surface area contributed by atoms with E-state index in [9.17, 15) is 9.90 Å². The highest BCUT2D eigenvalue weighted by atomic mass is 16.2. The summed E-state index contributed by atoms with van der Waals surface area (Å²) in [5.74, 6) is 0.350. The molecule has 2 aliphatic rings. The minimum absolute atomic E-state index is 0.0801. The smallest absolute Gasteiger partial charge is 0.167 e. The molecule has 2 N–H and O–H groups in total. The molecule has 1 fully saturated rings. The summed E-state index contributed by atoms with van der Waals surface area (Å²) in [6, 6.07) is 0. The normalized spacial score (nSPS) is 35.0. The molecule has 4 heteroatoms. The van der Waals surface area contributed by atoms with Gasteiger partial charge in [-0.15, -0.1) is 0 Å². The molecule has 0 saturated heterocycles. The third-order valence-corrected chi connectivity index (χ3v) is 5.19. The van der Waals surface area contributed by atoms with E-state index >= 15 is 0 Å². The third-order valence-electron chi connectivity index (χ3n) is 5.19. The average molecular weight is 260 g/mol. The van der Waals surface area contributed by atoms with E-state index in [1.54, 1.807) is 0 Å². The number of aromatic nitrogens is 2. The summed E-state index contributed by atoms with van der Waals surface area (Å²) in [7, 11) is 0. The van der Waals surface area contributed by atoms with E-state index < -0.39 is 5.41 Å². The first-order valence-corrected chi connectivity index (χ1v) is 6.82. The molecule has 1 saturated carbocycles. The predicted molar refractivity (Wildman–Crippen MR) is 71.9 cm³/mol. The molecule has 4 nitrogen and oxygen atoms in total. The van der Waals surface area contributed by atoms with Crippen LogP contribution in [0.5, 0.6) is 0 Å². The van der Waals surface area contributed by atoms with Crippen LogP contribution in [0.4, 0.5) is 0 Å². The van der Waals surface area contributed by atoms with Gasteiger partial charge in [-0.1, -0.05) is 20.8 Å². The molecule has 0 aliphatic heterocycles. The number of aliphatic hydroxyl groups excluding tert-OH is 1. The molecule has 102 valence electrons. The van der Waals surface area contributed by atoms with Crippen molar-refractivity contribution in [1.82, 2.24) is 10.2 Å². The standard InChI is InChI=1S/C15H20N2O2/c1-14(2)11-5-4-9-7-16-17-12(9)15(11,3)6-10(8-18)13(14)19/h7-8,11,18H,4-6H2,1-3H3,(H,16,17)/b10-8-/t11-,15-/m0/s1. The number of ketones is 1. The average Bonchev–Trinajstić information content (AvgIpc) is 2.83. The maximum Gasteiger partial charge on any atom is 0.167 e. The van der Waals surface area contributed by atoms with Crippen LogP contribution in [0.2, 0.25) is 0 Å². The fourth-order valence-corrected chi connectivity index (χ4v) is 4.30. The molecular formula is C15H20N2O2. The lowest BCUT2D eigenvalue weighted by molar-refractivity contribution is -0.131. The van der Waals surface area contributed by atoms with E-state index in [0.717, 1.165) is 24.8 Å². The largest absolute Gasteiger partial charge is 0.515 e. The number of aliphatic hydroxyl groups is 1. The summed E-state index contributed by atoms with van der Waals surface area (Å²) in [6.07, 6.45) is 5.50. The molecule has 0 aromatic carbocycles. The first-order chi connectivity index (χ1) is 8.91. The van der Waals surface area contributed by atoms with E-state index in [1.165, 1.54) is 5.56 Å². The van der Waals surface area contributed by atoms with Gasteiger partial charge in [0.25, 0.3) is 0 Å². The fraction of sp³-hybridized carbons (Fsp3) is 0.600. The molecule has 0 bridgehead atoms. The number of nitrogens with zero attached hydrogens (tertiary/aromatic N) is 1. The van der Waals surface area contributed by atoms with Gasteiger partial charge in [-0.25, -0.2) is 0 Å². The Kier molecular flexibility index (Phi) is 2.43. The molecule has 1 heterocycles. The van der Waals surface area contributed by atoms with Gasteiger partial charge in [0.1, 0.15) is 0 Å².